The van der Waals surface area contributed by atoms with Crippen molar-refractivity contribution in [1.82, 2.24) is 25.0 Å². The van der Waals surface area contributed by atoms with Crippen LogP contribution in [0.1, 0.15) is 0 Å². The molecular weight excluding hydrogens is 294 g/mol. The SMILES string of the molecule is CN(C)C(=[O+]n1nnc2ccccc21)N(CF)C(F)(F)F. The quantitative estimate of drug-likeness (QED) is 0.485. The predicted molar refractivity (Wildman–Crippen MR) is 65.9 cm³/mol. The number of benzene rings is 1. The highest BCUT2D eigenvalue weighted by Gasteiger charge is 2.48. The van der Waals surface area contributed by atoms with Crippen molar-refractivity contribution in [1.29, 1.82) is 0 Å². The van der Waals surface area contributed by atoms with Crippen molar-refractivity contribution in [2.75, 3.05) is 20.9 Å². The van der Waals surface area contributed by atoms with Crippen LogP contribution in [-0.4, -0.2) is 58.2 Å². The second kappa shape index (κ2) is 5.54. The lowest BCUT2D eigenvalue weighted by Gasteiger charge is -2.19. The van der Waals surface area contributed by atoms with Crippen molar-refractivity contribution in [3.8, 4) is 0 Å². The summed E-state index contributed by atoms with van der Waals surface area (Å²) in [6, 6.07) is 5.77. The number of carbonyl (C=O) groups excluding carboxylic acids is 1. The third-order valence-electron chi connectivity index (χ3n) is 2.53. The Morgan fingerprint density at radius 2 is 1.95 bits per heavy atom. The summed E-state index contributed by atoms with van der Waals surface area (Å²) >= 11 is 0. The monoisotopic (exact) mass is 306 g/mol. The lowest BCUT2D eigenvalue weighted by atomic mass is 10.3. The van der Waals surface area contributed by atoms with Crippen molar-refractivity contribution in [3.05, 3.63) is 24.3 Å². The maximum Gasteiger partial charge on any atom is 0.564 e. The highest BCUT2D eigenvalue weighted by atomic mass is 19.4. The van der Waals surface area contributed by atoms with Gasteiger partial charge >= 0.3 is 12.3 Å². The van der Waals surface area contributed by atoms with Crippen molar-refractivity contribution in [2.45, 2.75) is 6.30 Å². The first-order chi connectivity index (χ1) is 9.84. The second-order valence-corrected chi connectivity index (χ2v) is 4.23. The van der Waals surface area contributed by atoms with Gasteiger partial charge in [-0.2, -0.15) is 4.90 Å². The number of halogens is 4. The molecule has 0 unspecified atom stereocenters. The standard InChI is InChI=1S/C11H12F4N5O/c1-18(2)10(19(7-12)11(13,14)15)21-20-9-6-4-3-5-8(9)16-17-20/h3-6H,7H2,1-2H3/q+1. The molecule has 21 heavy (non-hydrogen) atoms. The lowest BCUT2D eigenvalue weighted by molar-refractivity contribution is -0.283. The maximum absolute atomic E-state index is 12.8. The molecular formula is C11H12F4N5O+. The van der Waals surface area contributed by atoms with E-state index in [4.69, 9.17) is 4.53 Å². The molecule has 6 nitrogen and oxygen atoms in total. The largest absolute Gasteiger partial charge is 0.564 e. The van der Waals surface area contributed by atoms with E-state index in [1.807, 2.05) is 0 Å². The zero-order valence-electron chi connectivity index (χ0n) is 11.2. The minimum absolute atomic E-state index is 0.359. The van der Waals surface area contributed by atoms with E-state index in [2.05, 4.69) is 10.3 Å². The number of fused-ring (bicyclic) bond motifs is 1. The average Bonchev–Trinajstić information content (AvgIpc) is 2.80. The molecule has 0 fully saturated rings. The van der Waals surface area contributed by atoms with E-state index in [-0.39, 0.29) is 0 Å². The maximum atomic E-state index is 12.8. The van der Waals surface area contributed by atoms with Gasteiger partial charge in [-0.25, -0.2) is 4.39 Å². The Balaban J connectivity index is 2.51. The van der Waals surface area contributed by atoms with Gasteiger partial charge in [0.25, 0.3) is 0 Å². The summed E-state index contributed by atoms with van der Waals surface area (Å²) in [5.74, 6) is 0. The van der Waals surface area contributed by atoms with E-state index in [9.17, 15) is 17.6 Å². The fourth-order valence-corrected chi connectivity index (χ4v) is 1.59. The van der Waals surface area contributed by atoms with Crippen molar-refractivity contribution < 1.29 is 22.1 Å². The Hall–Kier alpha value is -2.39. The fraction of sp³-hybridized carbons (Fsp3) is 0.364. The Labute approximate surface area is 116 Å². The van der Waals surface area contributed by atoms with Crippen LogP contribution in [0.3, 0.4) is 0 Å². The van der Waals surface area contributed by atoms with E-state index < -0.39 is 24.0 Å². The Bertz CT molecular complexity index is 651. The molecule has 0 spiro atoms. The van der Waals surface area contributed by atoms with Gasteiger partial charge in [0.05, 0.1) is 0 Å². The third kappa shape index (κ3) is 3.03. The van der Waals surface area contributed by atoms with Gasteiger partial charge in [-0.05, 0) is 16.7 Å². The summed E-state index contributed by atoms with van der Waals surface area (Å²) in [4.78, 5) is 1.31. The van der Waals surface area contributed by atoms with Crippen LogP contribution < -0.4 is 0 Å². The average molecular weight is 306 g/mol. The molecule has 1 heterocycles. The number of hydrogen-bond donors (Lipinski definition) is 0. The molecule has 2 rings (SSSR count). The van der Waals surface area contributed by atoms with Gasteiger partial charge in [0.15, 0.2) is 12.3 Å². The van der Waals surface area contributed by atoms with E-state index in [0.717, 1.165) is 9.75 Å². The molecule has 0 aliphatic rings. The normalized spacial score (nSPS) is 12.8. The molecule has 2 aromatic rings. The molecule has 0 bridgehead atoms. The van der Waals surface area contributed by atoms with Crippen LogP contribution in [0.5, 0.6) is 0 Å². The highest BCUT2D eigenvalue weighted by Crippen LogP contribution is 2.23. The third-order valence-corrected chi connectivity index (χ3v) is 2.53. The number of urea groups is 1. The second-order valence-electron chi connectivity index (χ2n) is 4.23. The first-order valence-electron chi connectivity index (χ1n) is 5.78. The molecule has 2 amide bonds. The zero-order chi connectivity index (χ0) is 15.6. The number of para-hydroxylation sites is 1. The zero-order valence-corrected chi connectivity index (χ0v) is 11.2. The summed E-state index contributed by atoms with van der Waals surface area (Å²) in [6.45, 7) is -1.79. The number of nitrogens with zero attached hydrogens (tertiary/aromatic N) is 5. The number of rotatable bonds is 2. The fourth-order valence-electron chi connectivity index (χ4n) is 1.59. The van der Waals surface area contributed by atoms with E-state index in [1.165, 1.54) is 14.1 Å². The molecule has 0 aliphatic carbocycles. The van der Waals surface area contributed by atoms with Crippen LogP contribution in [0.15, 0.2) is 24.3 Å². The summed E-state index contributed by atoms with van der Waals surface area (Å²) in [7, 11) is 2.59. The van der Waals surface area contributed by atoms with Crippen molar-refractivity contribution >= 4 is 17.1 Å². The van der Waals surface area contributed by atoms with Gasteiger partial charge in [0.1, 0.15) is 10.4 Å². The minimum atomic E-state index is -4.93. The first kappa shape index (κ1) is 15.0. The molecule has 0 atom stereocenters. The molecule has 0 saturated carbocycles. The van der Waals surface area contributed by atoms with Gasteiger partial charge in [-0.1, -0.05) is 12.1 Å². The number of amides is 2. The van der Waals surface area contributed by atoms with Gasteiger partial charge in [-0.3, -0.25) is 4.90 Å². The summed E-state index contributed by atoms with van der Waals surface area (Å²) in [5.41, 5.74) is 0.798. The van der Waals surface area contributed by atoms with Crippen molar-refractivity contribution in [3.63, 3.8) is 0 Å². The van der Waals surface area contributed by atoms with E-state index >= 15 is 0 Å². The summed E-state index contributed by atoms with van der Waals surface area (Å²) in [5, 5.41) is 7.34. The summed E-state index contributed by atoms with van der Waals surface area (Å²) in [6.07, 6.45) is -4.93. The molecule has 1 aromatic heterocycles. The minimum Gasteiger partial charge on any atom is -0.278 e. The first-order valence-corrected chi connectivity index (χ1v) is 5.78. The van der Waals surface area contributed by atoms with Crippen molar-refractivity contribution in [2.24, 2.45) is 0 Å². The molecule has 1 aromatic carbocycles. The highest BCUT2D eigenvalue weighted by molar-refractivity contribution is 5.76. The smallest absolute Gasteiger partial charge is 0.278 e. The number of alkyl halides is 4. The molecule has 114 valence electrons. The van der Waals surface area contributed by atoms with E-state index in [1.54, 1.807) is 24.3 Å². The Kier molecular flexibility index (Phi) is 3.96. The molecule has 10 heteroatoms. The van der Waals surface area contributed by atoms with E-state index in [0.29, 0.717) is 11.0 Å². The number of hydrogen-bond acceptors (Lipinski definition) is 2. The molecule has 0 saturated heterocycles. The van der Waals surface area contributed by atoms with Gasteiger partial charge in [0.2, 0.25) is 0 Å². The van der Waals surface area contributed by atoms with Gasteiger partial charge in [0, 0.05) is 19.3 Å². The van der Waals surface area contributed by atoms with Crippen LogP contribution in [0.25, 0.3) is 11.0 Å². The number of aromatic nitrogens is 3. The van der Waals surface area contributed by atoms with Crippen LogP contribution in [0.2, 0.25) is 0 Å². The van der Waals surface area contributed by atoms with Crippen LogP contribution >= 0.6 is 0 Å². The molecule has 0 N–H and O–H groups in total. The molecule has 0 aliphatic heterocycles. The lowest BCUT2D eigenvalue weighted by Crippen LogP contribution is -2.48. The predicted octanol–water partition coefficient (Wildman–Crippen LogP) is 2.16. The summed E-state index contributed by atoms with van der Waals surface area (Å²) < 4.78 is 56.2. The molecule has 0 radical (unpaired) electrons. The van der Waals surface area contributed by atoms with Crippen LogP contribution in [0.4, 0.5) is 22.1 Å². The van der Waals surface area contributed by atoms with Crippen LogP contribution in [-0.2, 0) is 0 Å². The van der Waals surface area contributed by atoms with Gasteiger partial charge in [-0.15, -0.1) is 18.3 Å². The Morgan fingerprint density at radius 3 is 2.52 bits per heavy atom. The van der Waals surface area contributed by atoms with Gasteiger partial charge < -0.3 is 0 Å². The Morgan fingerprint density at radius 1 is 1.29 bits per heavy atom. The van der Waals surface area contributed by atoms with Crippen LogP contribution in [0, 0.1) is 0 Å². The topological polar surface area (TPSA) is 48.5 Å².